The largest absolute Gasteiger partial charge is 0.478 e. The van der Waals surface area contributed by atoms with Gasteiger partial charge in [0.05, 0.1) is 6.54 Å². The lowest BCUT2D eigenvalue weighted by Gasteiger charge is -2.37. The lowest BCUT2D eigenvalue weighted by atomic mass is 10.0. The van der Waals surface area contributed by atoms with Crippen LogP contribution < -0.4 is 9.47 Å². The molecular weight excluding hydrogens is 354 g/mol. The molecule has 26 heavy (non-hydrogen) atoms. The second kappa shape index (κ2) is 7.91. The molecule has 138 valence electrons. The van der Waals surface area contributed by atoms with Crippen LogP contribution in [-0.4, -0.2) is 45.8 Å². The smallest absolute Gasteiger partial charge is 0.266 e. The molecule has 0 saturated carbocycles. The summed E-state index contributed by atoms with van der Waals surface area (Å²) in [6.07, 6.45) is 3.24. The van der Waals surface area contributed by atoms with Crippen molar-refractivity contribution in [2.45, 2.75) is 38.4 Å². The number of carbonyl (C=O) groups is 1. The number of amides is 1. The van der Waals surface area contributed by atoms with Gasteiger partial charge in [-0.15, -0.1) is 5.10 Å². The molecule has 1 aromatic heterocycles. The van der Waals surface area contributed by atoms with Gasteiger partial charge in [-0.3, -0.25) is 4.79 Å². The maximum absolute atomic E-state index is 13.0. The number of benzene rings is 1. The van der Waals surface area contributed by atoms with Gasteiger partial charge < -0.3 is 14.4 Å². The second-order valence-corrected chi connectivity index (χ2v) is 7.20. The maximum Gasteiger partial charge on any atom is 0.266 e. The Balaban J connectivity index is 1.63. The molecule has 0 radical (unpaired) electrons. The Hall–Kier alpha value is -2.34. The number of hydrogen-bond donors (Lipinski definition) is 0. The first kappa shape index (κ1) is 18.5. The van der Waals surface area contributed by atoms with Gasteiger partial charge in [0, 0.05) is 23.8 Å². The third-order valence-corrected chi connectivity index (χ3v) is 4.45. The first-order valence-corrected chi connectivity index (χ1v) is 9.00. The summed E-state index contributed by atoms with van der Waals surface area (Å²) in [6, 6.07) is 10.5. The van der Waals surface area contributed by atoms with Gasteiger partial charge in [-0.1, -0.05) is 11.6 Å². The van der Waals surface area contributed by atoms with E-state index in [4.69, 9.17) is 21.1 Å². The van der Waals surface area contributed by atoms with E-state index < -0.39 is 5.60 Å². The second-order valence-electron chi connectivity index (χ2n) is 6.76. The molecule has 1 fully saturated rings. The van der Waals surface area contributed by atoms with Crippen molar-refractivity contribution in [2.24, 2.45) is 0 Å². The molecule has 2 aromatic rings. The Morgan fingerprint density at radius 1 is 1.27 bits per heavy atom. The van der Waals surface area contributed by atoms with Gasteiger partial charge in [-0.2, -0.15) is 5.10 Å². The molecule has 1 saturated heterocycles. The molecule has 1 unspecified atom stereocenters. The molecule has 1 amide bonds. The summed E-state index contributed by atoms with van der Waals surface area (Å²) in [4.78, 5) is 14.8. The zero-order valence-electron chi connectivity index (χ0n) is 14.9. The Kier molecular flexibility index (Phi) is 5.61. The lowest BCUT2D eigenvalue weighted by molar-refractivity contribution is -0.148. The van der Waals surface area contributed by atoms with Crippen LogP contribution in [0.5, 0.6) is 11.6 Å². The summed E-state index contributed by atoms with van der Waals surface area (Å²) in [5.41, 5.74) is -0.984. The average molecular weight is 376 g/mol. The van der Waals surface area contributed by atoms with Gasteiger partial charge in [0.25, 0.3) is 5.91 Å². The molecule has 1 aliphatic heterocycles. The standard InChI is InChI=1S/C19H22ClN3O3/c1-19(2,26-15-9-7-14(20)8-10-15)18(24)23-12-4-5-16(13-23)25-17-6-3-11-21-22-17/h3,6-11,16H,4-5,12-13H2,1-2H3. The number of rotatable bonds is 5. The highest BCUT2D eigenvalue weighted by molar-refractivity contribution is 6.30. The molecule has 7 heteroatoms. The number of nitrogens with zero attached hydrogens (tertiary/aromatic N) is 3. The van der Waals surface area contributed by atoms with Crippen LogP contribution in [0.15, 0.2) is 42.6 Å². The molecule has 0 N–H and O–H groups in total. The summed E-state index contributed by atoms with van der Waals surface area (Å²) >= 11 is 5.90. The van der Waals surface area contributed by atoms with Gasteiger partial charge in [0.2, 0.25) is 5.88 Å². The SMILES string of the molecule is CC(C)(Oc1ccc(Cl)cc1)C(=O)N1CCCC(Oc2cccnn2)C1. The number of ether oxygens (including phenoxy) is 2. The van der Waals surface area contributed by atoms with Gasteiger partial charge in [0.15, 0.2) is 5.60 Å². The minimum absolute atomic E-state index is 0.0695. The molecule has 1 aromatic carbocycles. The molecule has 3 rings (SSSR count). The summed E-state index contributed by atoms with van der Waals surface area (Å²) in [5.74, 6) is 1.01. The van der Waals surface area contributed by atoms with Crippen molar-refractivity contribution in [1.29, 1.82) is 0 Å². The van der Waals surface area contributed by atoms with Crippen molar-refractivity contribution in [1.82, 2.24) is 15.1 Å². The van der Waals surface area contributed by atoms with Crippen molar-refractivity contribution in [3.05, 3.63) is 47.6 Å². The fourth-order valence-corrected chi connectivity index (χ4v) is 3.09. The summed E-state index contributed by atoms with van der Waals surface area (Å²) < 4.78 is 11.8. The van der Waals surface area contributed by atoms with Crippen LogP contribution in [0.25, 0.3) is 0 Å². The molecule has 6 nitrogen and oxygen atoms in total. The minimum atomic E-state index is -0.984. The number of halogens is 1. The van der Waals surface area contributed by atoms with E-state index in [1.165, 1.54) is 0 Å². The van der Waals surface area contributed by atoms with Crippen molar-refractivity contribution in [3.63, 3.8) is 0 Å². The van der Waals surface area contributed by atoms with E-state index in [-0.39, 0.29) is 12.0 Å². The summed E-state index contributed by atoms with van der Waals surface area (Å²) in [6.45, 7) is 4.74. The quantitative estimate of drug-likeness (QED) is 0.801. The predicted octanol–water partition coefficient (Wildman–Crippen LogP) is 3.36. The molecule has 0 aliphatic carbocycles. The van der Waals surface area contributed by atoms with E-state index in [9.17, 15) is 4.79 Å². The molecule has 1 aliphatic rings. The highest BCUT2D eigenvalue weighted by Gasteiger charge is 2.37. The van der Waals surface area contributed by atoms with Crippen LogP contribution in [0, 0.1) is 0 Å². The minimum Gasteiger partial charge on any atom is -0.478 e. The van der Waals surface area contributed by atoms with Crippen LogP contribution in [0.4, 0.5) is 0 Å². The Morgan fingerprint density at radius 3 is 2.73 bits per heavy atom. The predicted molar refractivity (Wildman–Crippen MR) is 98.4 cm³/mol. The van der Waals surface area contributed by atoms with Crippen molar-refractivity contribution < 1.29 is 14.3 Å². The summed E-state index contributed by atoms with van der Waals surface area (Å²) in [7, 11) is 0. The maximum atomic E-state index is 13.0. The average Bonchev–Trinajstić information content (AvgIpc) is 2.64. The Bertz CT molecular complexity index is 737. The van der Waals surface area contributed by atoms with E-state index in [0.29, 0.717) is 29.7 Å². The third-order valence-electron chi connectivity index (χ3n) is 4.20. The number of aromatic nitrogens is 2. The van der Waals surface area contributed by atoms with E-state index in [1.54, 1.807) is 61.3 Å². The highest BCUT2D eigenvalue weighted by atomic mass is 35.5. The third kappa shape index (κ3) is 4.64. The van der Waals surface area contributed by atoms with Crippen molar-refractivity contribution in [3.8, 4) is 11.6 Å². The van der Waals surface area contributed by atoms with Crippen LogP contribution in [0.1, 0.15) is 26.7 Å². The van der Waals surface area contributed by atoms with E-state index in [2.05, 4.69) is 10.2 Å². The van der Waals surface area contributed by atoms with E-state index >= 15 is 0 Å². The fourth-order valence-electron chi connectivity index (χ4n) is 2.96. The Labute approximate surface area is 158 Å². The zero-order chi connectivity index (χ0) is 18.6. The van der Waals surface area contributed by atoms with Gasteiger partial charge in [-0.05, 0) is 57.0 Å². The molecular formula is C19H22ClN3O3. The summed E-state index contributed by atoms with van der Waals surface area (Å²) in [5, 5.41) is 8.38. The molecule has 0 bridgehead atoms. The van der Waals surface area contributed by atoms with Crippen molar-refractivity contribution >= 4 is 17.5 Å². The number of carbonyl (C=O) groups excluding carboxylic acids is 1. The van der Waals surface area contributed by atoms with Crippen LogP contribution >= 0.6 is 11.6 Å². The number of piperidine rings is 1. The first-order chi connectivity index (χ1) is 12.4. The zero-order valence-corrected chi connectivity index (χ0v) is 15.6. The van der Waals surface area contributed by atoms with Crippen molar-refractivity contribution in [2.75, 3.05) is 13.1 Å². The first-order valence-electron chi connectivity index (χ1n) is 8.62. The van der Waals surface area contributed by atoms with E-state index in [1.807, 2.05) is 0 Å². The van der Waals surface area contributed by atoms with Gasteiger partial charge in [-0.25, -0.2) is 0 Å². The highest BCUT2D eigenvalue weighted by Crippen LogP contribution is 2.24. The Morgan fingerprint density at radius 2 is 2.04 bits per heavy atom. The molecule has 1 atom stereocenters. The lowest BCUT2D eigenvalue weighted by Crippen LogP contribution is -2.53. The molecule has 0 spiro atoms. The molecule has 2 heterocycles. The normalized spacial score (nSPS) is 17.7. The van der Waals surface area contributed by atoms with Gasteiger partial charge in [0.1, 0.15) is 11.9 Å². The van der Waals surface area contributed by atoms with Crippen LogP contribution in [-0.2, 0) is 4.79 Å². The van der Waals surface area contributed by atoms with E-state index in [0.717, 1.165) is 12.8 Å². The topological polar surface area (TPSA) is 64.5 Å². The number of hydrogen-bond acceptors (Lipinski definition) is 5. The van der Waals surface area contributed by atoms with Crippen LogP contribution in [0.2, 0.25) is 5.02 Å². The fraction of sp³-hybridized carbons (Fsp3) is 0.421. The van der Waals surface area contributed by atoms with Gasteiger partial charge >= 0.3 is 0 Å². The monoisotopic (exact) mass is 375 g/mol. The number of likely N-dealkylation sites (tertiary alicyclic amines) is 1. The van der Waals surface area contributed by atoms with Crippen LogP contribution in [0.3, 0.4) is 0 Å².